The minimum Gasteiger partial charge on any atom is -0.450 e. The zero-order chi connectivity index (χ0) is 18.7. The van der Waals surface area contributed by atoms with E-state index in [1.165, 1.54) is 5.56 Å². The summed E-state index contributed by atoms with van der Waals surface area (Å²) in [6.45, 7) is 11.9. The van der Waals surface area contributed by atoms with Crippen LogP contribution in [0.15, 0.2) is 5.16 Å². The van der Waals surface area contributed by atoms with E-state index in [1.807, 2.05) is 11.2 Å². The number of aromatic nitrogens is 2. The van der Waals surface area contributed by atoms with Crippen LogP contribution in [-0.4, -0.2) is 68.1 Å². The van der Waals surface area contributed by atoms with Crippen LogP contribution in [0.25, 0.3) is 0 Å². The monoisotopic (exact) mass is 395 g/mol. The second kappa shape index (κ2) is 8.14. The van der Waals surface area contributed by atoms with Gasteiger partial charge in [-0.2, -0.15) is 0 Å². The summed E-state index contributed by atoms with van der Waals surface area (Å²) in [6.07, 6.45) is 1.82. The highest BCUT2D eigenvalue weighted by atomic mass is 32.2. The molecule has 1 aromatic heterocycles. The lowest BCUT2D eigenvalue weighted by molar-refractivity contribution is 0.104. The van der Waals surface area contributed by atoms with Crippen molar-refractivity contribution in [2.75, 3.05) is 43.9 Å². The summed E-state index contributed by atoms with van der Waals surface area (Å²) in [7, 11) is -1.17. The van der Waals surface area contributed by atoms with Gasteiger partial charge in [0.2, 0.25) is 0 Å². The van der Waals surface area contributed by atoms with Crippen molar-refractivity contribution < 1.29 is 9.53 Å². The minimum absolute atomic E-state index is 0.178. The van der Waals surface area contributed by atoms with Crippen molar-refractivity contribution >= 4 is 31.7 Å². The molecule has 144 valence electrons. The van der Waals surface area contributed by atoms with E-state index < -0.39 is 8.07 Å². The van der Waals surface area contributed by atoms with Gasteiger partial charge in [0.05, 0.1) is 12.3 Å². The van der Waals surface area contributed by atoms with E-state index in [0.717, 1.165) is 48.9 Å². The standard InChI is InChI=1S/C17H29N5O2SSi/c1-25-16-19-14-12-18-11-13(14)15(20-16)21-5-7-22(8-6-21)17(23)24-9-10-26(2,3)4/h18H,5-12H2,1-4H3. The first-order chi connectivity index (χ1) is 12.4. The molecule has 1 N–H and O–H groups in total. The summed E-state index contributed by atoms with van der Waals surface area (Å²) in [4.78, 5) is 25.7. The SMILES string of the molecule is CSc1nc2c(c(N3CCN(C(=O)OCC[Si](C)(C)C)CC3)n1)CNC2. The van der Waals surface area contributed by atoms with Crippen molar-refractivity contribution in [1.29, 1.82) is 0 Å². The van der Waals surface area contributed by atoms with E-state index in [9.17, 15) is 4.79 Å². The van der Waals surface area contributed by atoms with Crippen LogP contribution in [0.2, 0.25) is 25.7 Å². The van der Waals surface area contributed by atoms with Gasteiger partial charge in [-0.25, -0.2) is 14.8 Å². The molecule has 1 amide bonds. The fraction of sp³-hybridized carbons (Fsp3) is 0.706. The number of piperazine rings is 1. The quantitative estimate of drug-likeness (QED) is 0.466. The number of anilines is 1. The molecule has 2 aliphatic heterocycles. The first-order valence-corrected chi connectivity index (χ1v) is 14.1. The molecule has 1 aromatic rings. The van der Waals surface area contributed by atoms with E-state index in [2.05, 4.69) is 34.8 Å². The maximum absolute atomic E-state index is 12.3. The summed E-state index contributed by atoms with van der Waals surface area (Å²) in [5.41, 5.74) is 2.31. The lowest BCUT2D eigenvalue weighted by Gasteiger charge is -2.35. The van der Waals surface area contributed by atoms with Crippen molar-refractivity contribution in [3.05, 3.63) is 11.3 Å². The van der Waals surface area contributed by atoms with Crippen LogP contribution in [0.3, 0.4) is 0 Å². The molecule has 9 heteroatoms. The molecular weight excluding hydrogens is 366 g/mol. The molecule has 0 saturated carbocycles. The van der Waals surface area contributed by atoms with E-state index in [4.69, 9.17) is 9.72 Å². The van der Waals surface area contributed by atoms with Gasteiger partial charge in [0.1, 0.15) is 5.82 Å². The molecule has 1 fully saturated rings. The third kappa shape index (κ3) is 4.69. The van der Waals surface area contributed by atoms with Crippen molar-refractivity contribution in [2.45, 2.75) is 43.9 Å². The van der Waals surface area contributed by atoms with Crippen LogP contribution in [0.4, 0.5) is 10.6 Å². The second-order valence-corrected chi connectivity index (χ2v) is 14.4. The number of carbonyl (C=O) groups excluding carboxylic acids is 1. The fourth-order valence-corrected chi connectivity index (χ4v) is 4.21. The van der Waals surface area contributed by atoms with E-state index >= 15 is 0 Å². The summed E-state index contributed by atoms with van der Waals surface area (Å²) in [5.74, 6) is 1.02. The summed E-state index contributed by atoms with van der Waals surface area (Å²) >= 11 is 1.57. The molecule has 0 aromatic carbocycles. The molecule has 3 rings (SSSR count). The Hall–Kier alpha value is -1.32. The predicted molar refractivity (Wildman–Crippen MR) is 108 cm³/mol. The third-order valence-corrected chi connectivity index (χ3v) is 6.99. The number of hydrogen-bond donors (Lipinski definition) is 1. The molecule has 0 radical (unpaired) electrons. The Morgan fingerprint density at radius 2 is 1.92 bits per heavy atom. The third-order valence-electron chi connectivity index (χ3n) is 4.74. The Labute approximate surface area is 160 Å². The number of nitrogens with one attached hydrogen (secondary N) is 1. The molecule has 0 aliphatic carbocycles. The van der Waals surface area contributed by atoms with Crippen molar-refractivity contribution in [3.8, 4) is 0 Å². The maximum Gasteiger partial charge on any atom is 0.409 e. The highest BCUT2D eigenvalue weighted by Gasteiger charge is 2.27. The van der Waals surface area contributed by atoms with Gasteiger partial charge in [-0.3, -0.25) is 0 Å². The molecule has 0 bridgehead atoms. The molecule has 0 spiro atoms. The van der Waals surface area contributed by atoms with E-state index in [-0.39, 0.29) is 6.09 Å². The van der Waals surface area contributed by atoms with E-state index in [0.29, 0.717) is 19.7 Å². The van der Waals surface area contributed by atoms with Crippen molar-refractivity contribution in [1.82, 2.24) is 20.2 Å². The van der Waals surface area contributed by atoms with Crippen LogP contribution in [0.5, 0.6) is 0 Å². The van der Waals surface area contributed by atoms with Crippen molar-refractivity contribution in [2.24, 2.45) is 0 Å². The average Bonchev–Trinajstić information content (AvgIpc) is 3.08. The van der Waals surface area contributed by atoms with Crippen LogP contribution in [0, 0.1) is 0 Å². The van der Waals surface area contributed by atoms with Crippen LogP contribution in [-0.2, 0) is 17.8 Å². The van der Waals surface area contributed by atoms with Gasteiger partial charge >= 0.3 is 6.09 Å². The molecule has 7 nitrogen and oxygen atoms in total. The molecule has 1 saturated heterocycles. The highest BCUT2D eigenvalue weighted by molar-refractivity contribution is 7.98. The summed E-state index contributed by atoms with van der Waals surface area (Å²) in [6, 6.07) is 1.01. The van der Waals surface area contributed by atoms with Gasteiger partial charge < -0.3 is 19.9 Å². The number of fused-ring (bicyclic) bond motifs is 1. The average molecular weight is 396 g/mol. The Morgan fingerprint density at radius 3 is 2.58 bits per heavy atom. The number of nitrogens with zero attached hydrogens (tertiary/aromatic N) is 4. The first-order valence-electron chi connectivity index (χ1n) is 9.18. The van der Waals surface area contributed by atoms with Crippen LogP contribution >= 0.6 is 11.8 Å². The number of amides is 1. The van der Waals surface area contributed by atoms with Gasteiger partial charge in [0.15, 0.2) is 5.16 Å². The highest BCUT2D eigenvalue weighted by Crippen LogP contribution is 2.28. The molecule has 2 aliphatic rings. The van der Waals surface area contributed by atoms with Gasteiger partial charge in [-0.05, 0) is 12.3 Å². The Balaban J connectivity index is 1.57. The molecule has 0 unspecified atom stereocenters. The normalized spacial score (nSPS) is 17.4. The second-order valence-electron chi connectivity index (χ2n) is 7.96. The number of ether oxygens (including phenoxy) is 1. The van der Waals surface area contributed by atoms with Crippen LogP contribution in [0.1, 0.15) is 11.3 Å². The lowest BCUT2D eigenvalue weighted by atomic mass is 10.2. The van der Waals surface area contributed by atoms with Gasteiger partial charge in [0.25, 0.3) is 0 Å². The Kier molecular flexibility index (Phi) is 6.09. The summed E-state index contributed by atoms with van der Waals surface area (Å²) in [5, 5.41) is 4.18. The smallest absolute Gasteiger partial charge is 0.409 e. The number of hydrogen-bond acceptors (Lipinski definition) is 7. The maximum atomic E-state index is 12.3. The largest absolute Gasteiger partial charge is 0.450 e. The zero-order valence-electron chi connectivity index (χ0n) is 16.2. The van der Waals surface area contributed by atoms with Gasteiger partial charge in [0, 0.05) is 52.9 Å². The fourth-order valence-electron chi connectivity index (χ4n) is 3.12. The van der Waals surface area contributed by atoms with Crippen molar-refractivity contribution in [3.63, 3.8) is 0 Å². The minimum atomic E-state index is -1.17. The molecule has 26 heavy (non-hydrogen) atoms. The Morgan fingerprint density at radius 1 is 1.19 bits per heavy atom. The number of thioether (sulfide) groups is 1. The Bertz CT molecular complexity index is 659. The number of carbonyl (C=O) groups is 1. The first kappa shape index (κ1) is 19.4. The van der Waals surface area contributed by atoms with E-state index in [1.54, 1.807) is 11.8 Å². The van der Waals surface area contributed by atoms with Gasteiger partial charge in [-0.15, -0.1) is 0 Å². The predicted octanol–water partition coefficient (Wildman–Crippen LogP) is 2.40. The topological polar surface area (TPSA) is 70.6 Å². The molecule has 0 atom stereocenters. The summed E-state index contributed by atoms with van der Waals surface area (Å²) < 4.78 is 5.47. The zero-order valence-corrected chi connectivity index (χ0v) is 18.0. The molecule has 3 heterocycles. The van der Waals surface area contributed by atoms with Gasteiger partial charge in [-0.1, -0.05) is 31.4 Å². The number of rotatable bonds is 5. The molecular formula is C17H29N5O2SSi. The lowest BCUT2D eigenvalue weighted by Crippen LogP contribution is -2.49. The van der Waals surface area contributed by atoms with Crippen LogP contribution < -0.4 is 10.2 Å².